The summed E-state index contributed by atoms with van der Waals surface area (Å²) in [6.07, 6.45) is 0.205. The van der Waals surface area contributed by atoms with Crippen LogP contribution in [0.25, 0.3) is 5.70 Å². The molecular formula is C17H20N2O5. The Hall–Kier alpha value is -2.70. The number of likely N-dealkylation sites (N-methyl/N-ethyl adjacent to an activating group) is 1. The molecular weight excluding hydrogens is 312 g/mol. The molecule has 3 rings (SSSR count). The quantitative estimate of drug-likeness (QED) is 0.871. The topological polar surface area (TPSA) is 79.3 Å². The van der Waals surface area contributed by atoms with Crippen molar-refractivity contribution < 1.29 is 24.2 Å². The van der Waals surface area contributed by atoms with E-state index in [0.717, 1.165) is 0 Å². The number of ether oxygens (including phenoxy) is 2. The molecule has 128 valence electrons. The van der Waals surface area contributed by atoms with Crippen LogP contribution in [0.4, 0.5) is 0 Å². The lowest BCUT2D eigenvalue weighted by atomic mass is 9.86. The fourth-order valence-electron chi connectivity index (χ4n) is 3.54. The number of carbonyl (C=O) groups is 2. The zero-order valence-corrected chi connectivity index (χ0v) is 14.2. The van der Waals surface area contributed by atoms with Gasteiger partial charge in [-0.15, -0.1) is 0 Å². The summed E-state index contributed by atoms with van der Waals surface area (Å²) in [5.41, 5.74) is 1.93. The van der Waals surface area contributed by atoms with E-state index in [1.165, 1.54) is 24.0 Å². The standard InChI is InChI=1S/C17H20N2O5/c1-8-14(21)10-6-11-17(22)18(3)7-12(20)19(11)9(2)13(10)16(24-5)15(8)23-4/h11,21H,2,6-7H2,1,3-5H3/t11-/m0/s1. The number of phenolic OH excluding ortho intramolecular Hbond substituents is 1. The van der Waals surface area contributed by atoms with E-state index in [0.29, 0.717) is 33.9 Å². The normalized spacial score (nSPS) is 20.0. The Bertz CT molecular complexity index is 771. The van der Waals surface area contributed by atoms with Crippen molar-refractivity contribution in [1.82, 2.24) is 9.80 Å². The third-order valence-corrected chi connectivity index (χ3v) is 4.72. The molecule has 24 heavy (non-hydrogen) atoms. The number of aromatic hydroxyl groups is 1. The van der Waals surface area contributed by atoms with Gasteiger partial charge in [0, 0.05) is 30.3 Å². The second kappa shape index (κ2) is 5.43. The van der Waals surface area contributed by atoms with Gasteiger partial charge in [-0.05, 0) is 6.92 Å². The van der Waals surface area contributed by atoms with Crippen LogP contribution in [0.15, 0.2) is 6.58 Å². The third-order valence-electron chi connectivity index (χ3n) is 4.72. The summed E-state index contributed by atoms with van der Waals surface area (Å²) in [4.78, 5) is 27.7. The van der Waals surface area contributed by atoms with Crippen molar-refractivity contribution in [2.45, 2.75) is 19.4 Å². The van der Waals surface area contributed by atoms with Gasteiger partial charge in [-0.25, -0.2) is 0 Å². The van der Waals surface area contributed by atoms with Gasteiger partial charge >= 0.3 is 0 Å². The molecule has 2 amide bonds. The number of nitrogens with zero attached hydrogens (tertiary/aromatic N) is 2. The summed E-state index contributed by atoms with van der Waals surface area (Å²) in [6, 6.07) is -0.695. The summed E-state index contributed by atoms with van der Waals surface area (Å²) in [5.74, 6) is 0.454. The van der Waals surface area contributed by atoms with E-state index in [-0.39, 0.29) is 30.5 Å². The van der Waals surface area contributed by atoms with Gasteiger partial charge in [-0.1, -0.05) is 6.58 Å². The Balaban J connectivity index is 2.27. The monoisotopic (exact) mass is 332 g/mol. The maximum Gasteiger partial charge on any atom is 0.247 e. The molecule has 1 saturated heterocycles. The van der Waals surface area contributed by atoms with Crippen molar-refractivity contribution in [3.05, 3.63) is 23.3 Å². The average molecular weight is 332 g/mol. The van der Waals surface area contributed by atoms with Gasteiger partial charge in [0.15, 0.2) is 11.5 Å². The van der Waals surface area contributed by atoms with E-state index in [9.17, 15) is 14.7 Å². The van der Waals surface area contributed by atoms with Crippen molar-refractivity contribution in [1.29, 1.82) is 0 Å². The summed E-state index contributed by atoms with van der Waals surface area (Å²) < 4.78 is 10.8. The van der Waals surface area contributed by atoms with Crippen LogP contribution in [-0.2, 0) is 16.0 Å². The van der Waals surface area contributed by atoms with Crippen LogP contribution in [0, 0.1) is 6.92 Å². The molecule has 2 aliphatic rings. The number of fused-ring (bicyclic) bond motifs is 2. The molecule has 0 saturated carbocycles. The van der Waals surface area contributed by atoms with Crippen molar-refractivity contribution in [3.8, 4) is 17.2 Å². The number of amides is 2. The molecule has 1 atom stereocenters. The van der Waals surface area contributed by atoms with Crippen LogP contribution >= 0.6 is 0 Å². The van der Waals surface area contributed by atoms with E-state index >= 15 is 0 Å². The number of phenols is 1. The maximum atomic E-state index is 12.5. The molecule has 0 bridgehead atoms. The second-order valence-electron chi connectivity index (χ2n) is 6.02. The van der Waals surface area contributed by atoms with Crippen molar-refractivity contribution >= 4 is 17.5 Å². The first-order chi connectivity index (χ1) is 11.3. The fraction of sp³-hybridized carbons (Fsp3) is 0.412. The Labute approximate surface area is 140 Å². The van der Waals surface area contributed by atoms with Crippen molar-refractivity contribution in [2.24, 2.45) is 0 Å². The number of rotatable bonds is 2. The first kappa shape index (κ1) is 16.2. The van der Waals surface area contributed by atoms with E-state index in [1.54, 1.807) is 14.0 Å². The van der Waals surface area contributed by atoms with Crippen LogP contribution in [-0.4, -0.2) is 60.6 Å². The lowest BCUT2D eigenvalue weighted by Crippen LogP contribution is -2.59. The van der Waals surface area contributed by atoms with Crippen LogP contribution in [0.3, 0.4) is 0 Å². The average Bonchev–Trinajstić information content (AvgIpc) is 2.55. The van der Waals surface area contributed by atoms with Crippen molar-refractivity contribution in [3.63, 3.8) is 0 Å². The Kier molecular flexibility index (Phi) is 3.66. The number of hydrogen-bond donors (Lipinski definition) is 1. The molecule has 1 aromatic carbocycles. The summed E-state index contributed by atoms with van der Waals surface area (Å²) in [7, 11) is 4.57. The molecule has 0 spiro atoms. The van der Waals surface area contributed by atoms with Gasteiger partial charge in [-0.3, -0.25) is 14.5 Å². The van der Waals surface area contributed by atoms with Crippen LogP contribution in [0.5, 0.6) is 17.2 Å². The molecule has 2 heterocycles. The highest BCUT2D eigenvalue weighted by molar-refractivity contribution is 6.02. The highest BCUT2D eigenvalue weighted by Crippen LogP contribution is 2.49. The van der Waals surface area contributed by atoms with Gasteiger partial charge in [0.25, 0.3) is 0 Å². The highest BCUT2D eigenvalue weighted by Gasteiger charge is 2.45. The smallest absolute Gasteiger partial charge is 0.247 e. The molecule has 1 fully saturated rings. The number of carbonyl (C=O) groups excluding carboxylic acids is 2. The van der Waals surface area contributed by atoms with Gasteiger partial charge in [-0.2, -0.15) is 0 Å². The largest absolute Gasteiger partial charge is 0.507 e. The van der Waals surface area contributed by atoms with Gasteiger partial charge in [0.2, 0.25) is 11.8 Å². The molecule has 0 unspecified atom stereocenters. The fourth-order valence-corrected chi connectivity index (χ4v) is 3.54. The summed E-state index contributed by atoms with van der Waals surface area (Å²) >= 11 is 0. The third kappa shape index (κ3) is 1.97. The SMILES string of the molecule is C=C1c2c(c(O)c(C)c(OC)c2OC)C[C@H]2C(=O)N(C)CC(=O)N12. The van der Waals surface area contributed by atoms with Crippen LogP contribution in [0.1, 0.15) is 16.7 Å². The predicted octanol–water partition coefficient (Wildman–Crippen LogP) is 0.914. The van der Waals surface area contributed by atoms with Crippen LogP contribution in [0.2, 0.25) is 0 Å². The molecule has 7 nitrogen and oxygen atoms in total. The first-order valence-electron chi connectivity index (χ1n) is 7.56. The number of piperazine rings is 1. The molecule has 0 aliphatic carbocycles. The Morgan fingerprint density at radius 1 is 1.21 bits per heavy atom. The summed E-state index contributed by atoms with van der Waals surface area (Å²) in [5, 5.41) is 10.6. The Morgan fingerprint density at radius 2 is 1.83 bits per heavy atom. The van der Waals surface area contributed by atoms with E-state index < -0.39 is 6.04 Å². The lowest BCUT2D eigenvalue weighted by Gasteiger charge is -2.43. The molecule has 7 heteroatoms. The second-order valence-corrected chi connectivity index (χ2v) is 6.02. The molecule has 2 aliphatic heterocycles. The van der Waals surface area contributed by atoms with Crippen LogP contribution < -0.4 is 9.47 Å². The minimum atomic E-state index is -0.695. The minimum absolute atomic E-state index is 0.000973. The van der Waals surface area contributed by atoms with E-state index in [2.05, 4.69) is 6.58 Å². The number of hydrogen-bond acceptors (Lipinski definition) is 5. The molecule has 0 radical (unpaired) electrons. The molecule has 1 aromatic rings. The van der Waals surface area contributed by atoms with E-state index in [1.807, 2.05) is 0 Å². The first-order valence-corrected chi connectivity index (χ1v) is 7.56. The lowest BCUT2D eigenvalue weighted by molar-refractivity contribution is -0.150. The zero-order chi connectivity index (χ0) is 17.8. The summed E-state index contributed by atoms with van der Waals surface area (Å²) in [6.45, 7) is 5.71. The molecule has 0 aromatic heterocycles. The number of benzene rings is 1. The molecule has 1 N–H and O–H groups in total. The van der Waals surface area contributed by atoms with Gasteiger partial charge in [0.1, 0.15) is 11.8 Å². The number of methoxy groups -OCH3 is 2. The maximum absolute atomic E-state index is 12.5. The Morgan fingerprint density at radius 3 is 2.42 bits per heavy atom. The van der Waals surface area contributed by atoms with E-state index in [4.69, 9.17) is 9.47 Å². The van der Waals surface area contributed by atoms with Gasteiger partial charge in [0.05, 0.1) is 26.3 Å². The predicted molar refractivity (Wildman–Crippen MR) is 87.0 cm³/mol. The highest BCUT2D eigenvalue weighted by atomic mass is 16.5. The van der Waals surface area contributed by atoms with Crippen molar-refractivity contribution in [2.75, 3.05) is 27.8 Å². The van der Waals surface area contributed by atoms with Gasteiger partial charge < -0.3 is 19.5 Å². The minimum Gasteiger partial charge on any atom is -0.507 e. The zero-order valence-electron chi connectivity index (χ0n) is 14.2.